The smallest absolute Gasteiger partial charge is 0.305 e. The van der Waals surface area contributed by atoms with Crippen LogP contribution in [0.25, 0.3) is 0 Å². The zero-order valence-corrected chi connectivity index (χ0v) is 15.5. The first kappa shape index (κ1) is 22.4. The Balaban J connectivity index is 3.06. The molecule has 0 heterocycles. The maximum atomic E-state index is 11.4. The van der Waals surface area contributed by atoms with Gasteiger partial charge in [0, 0.05) is 13.0 Å². The summed E-state index contributed by atoms with van der Waals surface area (Å²) in [6, 6.07) is 0. The van der Waals surface area contributed by atoms with Gasteiger partial charge in [-0.15, -0.1) is 0 Å². The summed E-state index contributed by atoms with van der Waals surface area (Å²) in [4.78, 5) is 11.4. The van der Waals surface area contributed by atoms with Crippen molar-refractivity contribution in [1.82, 2.24) is 0 Å². The molecule has 0 rings (SSSR count). The van der Waals surface area contributed by atoms with E-state index in [0.717, 1.165) is 32.1 Å². The summed E-state index contributed by atoms with van der Waals surface area (Å²) >= 11 is 0. The Morgan fingerprint density at radius 3 is 1.57 bits per heavy atom. The van der Waals surface area contributed by atoms with Crippen LogP contribution in [0.3, 0.4) is 0 Å². The third-order valence-electron chi connectivity index (χ3n) is 4.30. The van der Waals surface area contributed by atoms with Gasteiger partial charge < -0.3 is 9.84 Å². The Labute approximate surface area is 144 Å². The van der Waals surface area contributed by atoms with Gasteiger partial charge in [-0.25, -0.2) is 0 Å². The molecule has 3 nitrogen and oxygen atoms in total. The summed E-state index contributed by atoms with van der Waals surface area (Å²) in [6.45, 7) is 3.05. The van der Waals surface area contributed by atoms with Crippen LogP contribution in [0, 0.1) is 0 Å². The number of hydrogen-bond donors (Lipinski definition) is 1. The van der Waals surface area contributed by atoms with Crippen molar-refractivity contribution in [3.8, 4) is 0 Å². The van der Waals surface area contributed by atoms with Gasteiger partial charge in [-0.2, -0.15) is 0 Å². The molecule has 0 aliphatic heterocycles. The van der Waals surface area contributed by atoms with E-state index in [9.17, 15) is 4.79 Å². The van der Waals surface area contributed by atoms with E-state index in [1.165, 1.54) is 64.2 Å². The minimum absolute atomic E-state index is 0.0163. The van der Waals surface area contributed by atoms with Gasteiger partial charge in [-0.1, -0.05) is 84.0 Å². The molecular weight excluding hydrogens is 288 g/mol. The predicted octanol–water partition coefficient (Wildman–Crippen LogP) is 5.78. The molecule has 0 saturated carbocycles. The van der Waals surface area contributed by atoms with E-state index in [-0.39, 0.29) is 5.97 Å². The van der Waals surface area contributed by atoms with Gasteiger partial charge >= 0.3 is 5.97 Å². The van der Waals surface area contributed by atoms with E-state index in [1.54, 1.807) is 0 Å². The molecule has 0 atom stereocenters. The van der Waals surface area contributed by atoms with Crippen molar-refractivity contribution in [3.05, 3.63) is 0 Å². The highest BCUT2D eigenvalue weighted by atomic mass is 16.5. The number of aliphatic hydroxyl groups is 1. The zero-order chi connectivity index (χ0) is 17.0. The van der Waals surface area contributed by atoms with E-state index in [2.05, 4.69) is 6.92 Å². The molecule has 23 heavy (non-hydrogen) atoms. The lowest BCUT2D eigenvalue weighted by Gasteiger charge is -2.04. The Morgan fingerprint density at radius 2 is 1.13 bits per heavy atom. The first-order valence-electron chi connectivity index (χ1n) is 10.1. The molecular formula is C20H40O3. The van der Waals surface area contributed by atoms with Crippen molar-refractivity contribution < 1.29 is 14.6 Å². The number of ether oxygens (including phenoxy) is 1. The normalized spacial score (nSPS) is 10.9. The molecule has 0 spiro atoms. The Hall–Kier alpha value is -0.570. The van der Waals surface area contributed by atoms with Crippen LogP contribution in [-0.2, 0) is 9.53 Å². The van der Waals surface area contributed by atoms with Crippen molar-refractivity contribution in [2.75, 3.05) is 13.2 Å². The second-order valence-electron chi connectivity index (χ2n) is 6.64. The number of hydrogen-bond acceptors (Lipinski definition) is 3. The molecule has 0 aliphatic rings. The van der Waals surface area contributed by atoms with Gasteiger partial charge in [0.2, 0.25) is 0 Å². The minimum Gasteiger partial charge on any atom is -0.466 e. The number of esters is 1. The maximum absolute atomic E-state index is 11.4. The van der Waals surface area contributed by atoms with E-state index < -0.39 is 0 Å². The summed E-state index contributed by atoms with van der Waals surface area (Å²) in [5.74, 6) is -0.0163. The van der Waals surface area contributed by atoms with E-state index in [4.69, 9.17) is 9.84 Å². The highest BCUT2D eigenvalue weighted by Crippen LogP contribution is 2.13. The second kappa shape index (κ2) is 19.5. The van der Waals surface area contributed by atoms with Crippen molar-refractivity contribution in [3.63, 3.8) is 0 Å². The summed E-state index contributed by atoms with van der Waals surface area (Å²) < 4.78 is 5.14. The third-order valence-corrected chi connectivity index (χ3v) is 4.30. The maximum Gasteiger partial charge on any atom is 0.305 e. The number of rotatable bonds is 18. The molecule has 0 amide bonds. The molecule has 0 aromatic carbocycles. The lowest BCUT2D eigenvalue weighted by molar-refractivity contribution is -0.143. The van der Waals surface area contributed by atoms with Gasteiger partial charge in [0.15, 0.2) is 0 Å². The fourth-order valence-electron chi connectivity index (χ4n) is 2.73. The fourth-order valence-corrected chi connectivity index (χ4v) is 2.73. The SMILES string of the molecule is CCCCOC(=O)CCCCCCCCCCCCCCCO. The lowest BCUT2D eigenvalue weighted by atomic mass is 10.0. The number of unbranched alkanes of at least 4 members (excludes halogenated alkanes) is 13. The van der Waals surface area contributed by atoms with Crippen molar-refractivity contribution in [1.29, 1.82) is 0 Å². The van der Waals surface area contributed by atoms with Gasteiger partial charge in [-0.05, 0) is 19.3 Å². The van der Waals surface area contributed by atoms with Crippen LogP contribution in [0.2, 0.25) is 0 Å². The van der Waals surface area contributed by atoms with Crippen LogP contribution in [-0.4, -0.2) is 24.3 Å². The fraction of sp³-hybridized carbons (Fsp3) is 0.950. The molecule has 0 aromatic heterocycles. The molecule has 0 unspecified atom stereocenters. The van der Waals surface area contributed by atoms with Crippen LogP contribution in [0.4, 0.5) is 0 Å². The number of aliphatic hydroxyl groups excluding tert-OH is 1. The van der Waals surface area contributed by atoms with Crippen LogP contribution in [0.15, 0.2) is 0 Å². The number of carbonyl (C=O) groups is 1. The molecule has 0 aromatic rings. The molecule has 1 N–H and O–H groups in total. The average Bonchev–Trinajstić information content (AvgIpc) is 2.55. The first-order valence-corrected chi connectivity index (χ1v) is 10.1. The largest absolute Gasteiger partial charge is 0.466 e. The van der Waals surface area contributed by atoms with Gasteiger partial charge in [0.25, 0.3) is 0 Å². The number of carbonyl (C=O) groups excluding carboxylic acids is 1. The standard InChI is InChI=1S/C20H40O3/c1-2-3-19-23-20(22)17-15-13-11-9-7-5-4-6-8-10-12-14-16-18-21/h21H,2-19H2,1H3. The summed E-state index contributed by atoms with van der Waals surface area (Å²) in [6.07, 6.45) is 18.9. The zero-order valence-electron chi connectivity index (χ0n) is 15.5. The monoisotopic (exact) mass is 328 g/mol. The Kier molecular flexibility index (Phi) is 19.0. The third kappa shape index (κ3) is 19.4. The Bertz CT molecular complexity index is 241. The molecule has 0 fully saturated rings. The average molecular weight is 329 g/mol. The molecule has 0 radical (unpaired) electrons. The van der Waals surface area contributed by atoms with Gasteiger partial charge in [-0.3, -0.25) is 4.79 Å². The van der Waals surface area contributed by atoms with E-state index in [1.807, 2.05) is 0 Å². The molecule has 3 heteroatoms. The second-order valence-corrected chi connectivity index (χ2v) is 6.64. The minimum atomic E-state index is -0.0163. The van der Waals surface area contributed by atoms with Gasteiger partial charge in [0.1, 0.15) is 0 Å². The van der Waals surface area contributed by atoms with Gasteiger partial charge in [0.05, 0.1) is 6.61 Å². The van der Waals surface area contributed by atoms with Crippen LogP contribution in [0.5, 0.6) is 0 Å². The van der Waals surface area contributed by atoms with E-state index in [0.29, 0.717) is 19.6 Å². The Morgan fingerprint density at radius 1 is 0.696 bits per heavy atom. The van der Waals surface area contributed by atoms with Crippen molar-refractivity contribution in [2.45, 2.75) is 110 Å². The highest BCUT2D eigenvalue weighted by molar-refractivity contribution is 5.69. The molecule has 138 valence electrons. The lowest BCUT2D eigenvalue weighted by Crippen LogP contribution is -2.05. The van der Waals surface area contributed by atoms with Crippen molar-refractivity contribution >= 4 is 5.97 Å². The molecule has 0 aliphatic carbocycles. The predicted molar refractivity (Wildman–Crippen MR) is 97.6 cm³/mol. The molecule has 0 bridgehead atoms. The topological polar surface area (TPSA) is 46.5 Å². The highest BCUT2D eigenvalue weighted by Gasteiger charge is 2.01. The quantitative estimate of drug-likeness (QED) is 0.256. The van der Waals surface area contributed by atoms with Crippen LogP contribution in [0.1, 0.15) is 110 Å². The summed E-state index contributed by atoms with van der Waals surface area (Å²) in [5.41, 5.74) is 0. The summed E-state index contributed by atoms with van der Waals surface area (Å²) in [7, 11) is 0. The van der Waals surface area contributed by atoms with Crippen LogP contribution < -0.4 is 0 Å². The summed E-state index contributed by atoms with van der Waals surface area (Å²) in [5, 5.41) is 8.69. The van der Waals surface area contributed by atoms with Crippen LogP contribution >= 0.6 is 0 Å². The molecule has 0 saturated heterocycles. The first-order chi connectivity index (χ1) is 11.3. The van der Waals surface area contributed by atoms with Crippen molar-refractivity contribution in [2.24, 2.45) is 0 Å². The van der Waals surface area contributed by atoms with E-state index >= 15 is 0 Å².